The van der Waals surface area contributed by atoms with Crippen LogP contribution in [0.5, 0.6) is 0 Å². The van der Waals surface area contributed by atoms with Gasteiger partial charge in [-0.15, -0.1) is 35.3 Å². The Morgan fingerprint density at radius 1 is 1.35 bits per heavy atom. The first-order chi connectivity index (χ1) is 12.0. The van der Waals surface area contributed by atoms with E-state index < -0.39 is 10.0 Å². The van der Waals surface area contributed by atoms with Crippen molar-refractivity contribution < 1.29 is 13.2 Å². The number of sulfonamides is 1. The maximum Gasteiger partial charge on any atom is 0.250 e. The van der Waals surface area contributed by atoms with Crippen LogP contribution in [0.4, 0.5) is 0 Å². The van der Waals surface area contributed by atoms with E-state index in [9.17, 15) is 8.42 Å². The molecular weight excluding hydrogens is 487 g/mol. The van der Waals surface area contributed by atoms with Gasteiger partial charge in [0.25, 0.3) is 0 Å². The number of rotatable bonds is 10. The molecule has 7 nitrogen and oxygen atoms in total. The highest BCUT2D eigenvalue weighted by Gasteiger charge is 2.36. The van der Waals surface area contributed by atoms with Gasteiger partial charge >= 0.3 is 0 Å². The molecule has 0 atom stereocenters. The summed E-state index contributed by atoms with van der Waals surface area (Å²) < 4.78 is 32.2. The van der Waals surface area contributed by atoms with Crippen molar-refractivity contribution in [2.75, 3.05) is 40.4 Å². The van der Waals surface area contributed by atoms with Gasteiger partial charge in [0.2, 0.25) is 10.0 Å². The molecule has 0 bridgehead atoms. The van der Waals surface area contributed by atoms with Crippen molar-refractivity contribution >= 4 is 51.3 Å². The maximum atomic E-state index is 12.0. The van der Waals surface area contributed by atoms with Crippen molar-refractivity contribution in [2.24, 2.45) is 10.4 Å². The number of nitrogens with zero attached hydrogens (tertiary/aromatic N) is 1. The molecule has 1 saturated carbocycles. The van der Waals surface area contributed by atoms with Gasteiger partial charge in [-0.1, -0.05) is 12.5 Å². The Morgan fingerprint density at radius 2 is 2.12 bits per heavy atom. The molecule has 0 aliphatic heterocycles. The van der Waals surface area contributed by atoms with E-state index in [2.05, 4.69) is 20.3 Å². The molecule has 1 fully saturated rings. The van der Waals surface area contributed by atoms with Crippen molar-refractivity contribution in [1.29, 1.82) is 0 Å². The molecule has 0 aromatic carbocycles. The quantitative estimate of drug-likeness (QED) is 0.192. The van der Waals surface area contributed by atoms with Crippen molar-refractivity contribution in [2.45, 2.75) is 29.9 Å². The average molecular weight is 516 g/mol. The lowest BCUT2D eigenvalue weighted by Gasteiger charge is -2.42. The molecule has 10 heteroatoms. The number of ether oxygens (including phenoxy) is 1. The lowest BCUT2D eigenvalue weighted by molar-refractivity contribution is 0.0732. The zero-order valence-corrected chi connectivity index (χ0v) is 19.2. The summed E-state index contributed by atoms with van der Waals surface area (Å²) in [7, 11) is 0.0418. The van der Waals surface area contributed by atoms with Gasteiger partial charge in [-0.05, 0) is 36.1 Å². The molecule has 150 valence electrons. The lowest BCUT2D eigenvalue weighted by atomic mass is 9.67. The number of halogens is 1. The van der Waals surface area contributed by atoms with Crippen LogP contribution in [-0.4, -0.2) is 54.8 Å². The number of hydrogen-bond donors (Lipinski definition) is 3. The summed E-state index contributed by atoms with van der Waals surface area (Å²) in [6.07, 6.45) is 4.73. The second-order valence-corrected chi connectivity index (χ2v) is 9.22. The fourth-order valence-corrected chi connectivity index (χ4v) is 4.93. The Morgan fingerprint density at radius 3 is 2.65 bits per heavy atom. The summed E-state index contributed by atoms with van der Waals surface area (Å²) in [4.78, 5) is 4.20. The predicted octanol–water partition coefficient (Wildman–Crippen LogP) is 2.02. The third-order valence-electron chi connectivity index (χ3n) is 4.57. The first kappa shape index (κ1) is 23.6. The van der Waals surface area contributed by atoms with Crippen LogP contribution in [0.1, 0.15) is 25.7 Å². The molecule has 1 aromatic rings. The molecule has 3 N–H and O–H groups in total. The number of hydrogen-bond acceptors (Lipinski definition) is 5. The van der Waals surface area contributed by atoms with E-state index in [4.69, 9.17) is 4.74 Å². The molecule has 0 saturated heterocycles. The zero-order valence-electron chi connectivity index (χ0n) is 15.3. The third-order valence-corrected chi connectivity index (χ3v) is 7.43. The summed E-state index contributed by atoms with van der Waals surface area (Å²) in [5, 5.41) is 8.25. The molecule has 1 heterocycles. The van der Waals surface area contributed by atoms with Crippen LogP contribution in [0.3, 0.4) is 0 Å². The van der Waals surface area contributed by atoms with Crippen LogP contribution in [0, 0.1) is 5.41 Å². The van der Waals surface area contributed by atoms with Gasteiger partial charge in [0.15, 0.2) is 5.96 Å². The Bertz CT molecular complexity index is 646. The Labute approximate surface area is 177 Å². The third kappa shape index (κ3) is 6.95. The Hall–Kier alpha value is -0.430. The smallest absolute Gasteiger partial charge is 0.250 e. The fourth-order valence-electron chi connectivity index (χ4n) is 2.86. The second kappa shape index (κ2) is 11.4. The molecule has 1 aliphatic rings. The highest BCUT2D eigenvalue weighted by molar-refractivity contribution is 14.0. The van der Waals surface area contributed by atoms with Gasteiger partial charge in [0.05, 0.1) is 0 Å². The van der Waals surface area contributed by atoms with E-state index in [1.807, 2.05) is 0 Å². The topological polar surface area (TPSA) is 91.8 Å². The Kier molecular flexibility index (Phi) is 10.4. The predicted molar refractivity (Wildman–Crippen MR) is 117 cm³/mol. The molecule has 26 heavy (non-hydrogen) atoms. The van der Waals surface area contributed by atoms with Gasteiger partial charge in [0.1, 0.15) is 4.21 Å². The number of nitrogens with one attached hydrogen (secondary N) is 3. The first-order valence-corrected chi connectivity index (χ1v) is 10.8. The van der Waals surface area contributed by atoms with Crippen LogP contribution in [0.25, 0.3) is 0 Å². The first-order valence-electron chi connectivity index (χ1n) is 8.48. The zero-order chi connectivity index (χ0) is 18.2. The second-order valence-electron chi connectivity index (χ2n) is 6.28. The number of thiophene rings is 1. The summed E-state index contributed by atoms with van der Waals surface area (Å²) >= 11 is 1.21. The molecule has 0 amide bonds. The summed E-state index contributed by atoms with van der Waals surface area (Å²) in [6.45, 7) is 2.40. The monoisotopic (exact) mass is 516 g/mol. The summed E-state index contributed by atoms with van der Waals surface area (Å²) in [5.41, 5.74) is 0.300. The highest BCUT2D eigenvalue weighted by atomic mass is 127. The van der Waals surface area contributed by atoms with E-state index in [-0.39, 0.29) is 24.0 Å². The maximum absolute atomic E-state index is 12.0. The van der Waals surface area contributed by atoms with Crippen LogP contribution in [-0.2, 0) is 14.8 Å². The van der Waals surface area contributed by atoms with E-state index in [1.165, 1.54) is 30.6 Å². The number of guanidine groups is 1. The van der Waals surface area contributed by atoms with Crippen molar-refractivity contribution in [3.63, 3.8) is 0 Å². The SMILES string of the molecule is CN=C(NCCNS(=O)(=O)c1cccs1)NCC1(CCOC)CCC1.I. The standard InChI is InChI=1S/C16H28N4O3S2.HI/c1-17-15(19-13-16(6-4-7-16)8-11-23-2)18-9-10-20-25(21,22)14-5-3-12-24-14;/h3,5,12,20H,4,6-11,13H2,1-2H3,(H2,17,18,19);1H. The van der Waals surface area contributed by atoms with Gasteiger partial charge < -0.3 is 15.4 Å². The van der Waals surface area contributed by atoms with E-state index in [0.717, 1.165) is 19.6 Å². The molecule has 0 spiro atoms. The fraction of sp³-hybridized carbons (Fsp3) is 0.688. The summed E-state index contributed by atoms with van der Waals surface area (Å²) in [5.74, 6) is 0.694. The van der Waals surface area contributed by atoms with Crippen LogP contribution in [0.2, 0.25) is 0 Å². The van der Waals surface area contributed by atoms with Gasteiger partial charge in [-0.2, -0.15) is 0 Å². The minimum atomic E-state index is -3.41. The van der Waals surface area contributed by atoms with Crippen molar-refractivity contribution in [1.82, 2.24) is 15.4 Å². The molecular formula is C16H29IN4O3S2. The van der Waals surface area contributed by atoms with Gasteiger partial charge in [0, 0.05) is 40.4 Å². The minimum Gasteiger partial charge on any atom is -0.385 e. The van der Waals surface area contributed by atoms with E-state index in [0.29, 0.717) is 28.7 Å². The molecule has 2 rings (SSSR count). The Balaban J connectivity index is 0.00000338. The number of methoxy groups -OCH3 is 1. The number of aliphatic imine (C=N–C) groups is 1. The largest absolute Gasteiger partial charge is 0.385 e. The molecule has 0 radical (unpaired) electrons. The van der Waals surface area contributed by atoms with Crippen LogP contribution in [0.15, 0.2) is 26.7 Å². The normalized spacial score (nSPS) is 16.5. The average Bonchev–Trinajstić information content (AvgIpc) is 3.10. The highest BCUT2D eigenvalue weighted by Crippen LogP contribution is 2.43. The van der Waals surface area contributed by atoms with E-state index >= 15 is 0 Å². The van der Waals surface area contributed by atoms with Crippen molar-refractivity contribution in [3.05, 3.63) is 17.5 Å². The molecule has 0 unspecified atom stereocenters. The van der Waals surface area contributed by atoms with Gasteiger partial charge in [-0.3, -0.25) is 4.99 Å². The van der Waals surface area contributed by atoms with E-state index in [1.54, 1.807) is 31.7 Å². The summed E-state index contributed by atoms with van der Waals surface area (Å²) in [6, 6.07) is 3.32. The van der Waals surface area contributed by atoms with Crippen molar-refractivity contribution in [3.8, 4) is 0 Å². The van der Waals surface area contributed by atoms with Gasteiger partial charge in [-0.25, -0.2) is 13.1 Å². The van der Waals surface area contributed by atoms with Crippen LogP contribution >= 0.6 is 35.3 Å². The molecule has 1 aromatic heterocycles. The minimum absolute atomic E-state index is 0. The van der Waals surface area contributed by atoms with Crippen LogP contribution < -0.4 is 15.4 Å². The molecule has 1 aliphatic carbocycles. The lowest BCUT2D eigenvalue weighted by Crippen LogP contribution is -2.48.